The van der Waals surface area contributed by atoms with Crippen molar-refractivity contribution in [3.05, 3.63) is 45.7 Å². The van der Waals surface area contributed by atoms with Crippen molar-refractivity contribution in [2.24, 2.45) is 7.05 Å². The predicted molar refractivity (Wildman–Crippen MR) is 87.9 cm³/mol. The molecule has 20 heavy (non-hydrogen) atoms. The molecule has 1 aromatic heterocycles. The molecule has 0 amide bonds. The molecule has 3 nitrogen and oxygen atoms in total. The van der Waals surface area contributed by atoms with Gasteiger partial charge in [-0.1, -0.05) is 45.0 Å². The van der Waals surface area contributed by atoms with Crippen molar-refractivity contribution in [3.63, 3.8) is 0 Å². The molecule has 0 fully saturated rings. The van der Waals surface area contributed by atoms with Crippen LogP contribution >= 0.6 is 15.9 Å². The third-order valence-corrected chi connectivity index (χ3v) is 4.59. The molecule has 0 aliphatic rings. The second-order valence-corrected chi connectivity index (χ2v) is 6.96. The van der Waals surface area contributed by atoms with Crippen LogP contribution in [0.2, 0.25) is 0 Å². The van der Waals surface area contributed by atoms with Gasteiger partial charge in [0.2, 0.25) is 5.95 Å². The van der Waals surface area contributed by atoms with Crippen LogP contribution in [0.25, 0.3) is 0 Å². The number of hydrogen-bond donors (Lipinski definition) is 1. The zero-order valence-electron chi connectivity index (χ0n) is 12.6. The first-order valence-corrected chi connectivity index (χ1v) is 7.64. The van der Waals surface area contributed by atoms with E-state index in [1.807, 2.05) is 11.6 Å². The average Bonchev–Trinajstić information content (AvgIpc) is 2.63. The molecular weight excluding hydrogens is 314 g/mol. The number of hydrogen-bond acceptors (Lipinski definition) is 2. The van der Waals surface area contributed by atoms with Crippen molar-refractivity contribution in [1.82, 2.24) is 9.55 Å². The highest BCUT2D eigenvalue weighted by Crippen LogP contribution is 2.23. The highest BCUT2D eigenvalue weighted by atomic mass is 79.9. The van der Waals surface area contributed by atoms with Crippen LogP contribution in [-0.4, -0.2) is 9.55 Å². The molecule has 1 heterocycles. The highest BCUT2D eigenvalue weighted by molar-refractivity contribution is 9.10. The van der Waals surface area contributed by atoms with Crippen LogP contribution in [0.4, 0.5) is 5.95 Å². The van der Waals surface area contributed by atoms with Crippen molar-refractivity contribution in [1.29, 1.82) is 0 Å². The van der Waals surface area contributed by atoms with Gasteiger partial charge in [-0.15, -0.1) is 0 Å². The molecule has 2 N–H and O–H groups in total. The van der Waals surface area contributed by atoms with Gasteiger partial charge >= 0.3 is 0 Å². The number of anilines is 1. The first kappa shape index (κ1) is 15.1. The molecule has 0 atom stereocenters. The fourth-order valence-electron chi connectivity index (χ4n) is 2.15. The maximum absolute atomic E-state index is 5.80. The van der Waals surface area contributed by atoms with Gasteiger partial charge in [-0.25, -0.2) is 4.98 Å². The fourth-order valence-corrected chi connectivity index (χ4v) is 2.62. The minimum Gasteiger partial charge on any atom is -0.369 e. The van der Waals surface area contributed by atoms with Crippen LogP contribution in [0.5, 0.6) is 0 Å². The van der Waals surface area contributed by atoms with Crippen molar-refractivity contribution in [2.75, 3.05) is 5.73 Å². The van der Waals surface area contributed by atoms with E-state index in [4.69, 9.17) is 5.73 Å². The lowest BCUT2D eigenvalue weighted by Gasteiger charge is -2.19. The van der Waals surface area contributed by atoms with Gasteiger partial charge in [0.15, 0.2) is 0 Å². The molecule has 0 saturated carbocycles. The van der Waals surface area contributed by atoms with Crippen molar-refractivity contribution in [3.8, 4) is 0 Å². The summed E-state index contributed by atoms with van der Waals surface area (Å²) >= 11 is 3.53. The van der Waals surface area contributed by atoms with Gasteiger partial charge in [0.05, 0.1) is 5.69 Å². The molecule has 0 aliphatic heterocycles. The SMILES string of the molecule is Cn1c(N)nc(CCc2ccc(C(C)(C)C)cc2)c1Br. The third kappa shape index (κ3) is 3.23. The van der Waals surface area contributed by atoms with Crippen molar-refractivity contribution in [2.45, 2.75) is 39.0 Å². The maximum atomic E-state index is 5.80. The lowest BCUT2D eigenvalue weighted by atomic mass is 9.86. The molecular formula is C16H22BrN3. The summed E-state index contributed by atoms with van der Waals surface area (Å²) in [5.74, 6) is 0.551. The van der Waals surface area contributed by atoms with E-state index in [-0.39, 0.29) is 5.41 Å². The number of rotatable bonds is 3. The summed E-state index contributed by atoms with van der Waals surface area (Å²) in [6, 6.07) is 8.86. The van der Waals surface area contributed by atoms with E-state index >= 15 is 0 Å². The Morgan fingerprint density at radius 2 is 1.75 bits per heavy atom. The molecule has 0 aliphatic carbocycles. The van der Waals surface area contributed by atoms with Gasteiger partial charge in [0, 0.05) is 7.05 Å². The number of nitrogens with two attached hydrogens (primary N) is 1. The molecule has 2 aromatic rings. The maximum Gasteiger partial charge on any atom is 0.201 e. The van der Waals surface area contributed by atoms with E-state index < -0.39 is 0 Å². The first-order valence-electron chi connectivity index (χ1n) is 6.85. The van der Waals surface area contributed by atoms with E-state index in [0.717, 1.165) is 23.1 Å². The quantitative estimate of drug-likeness (QED) is 0.925. The summed E-state index contributed by atoms with van der Waals surface area (Å²) in [6.07, 6.45) is 1.86. The molecule has 0 radical (unpaired) electrons. The smallest absolute Gasteiger partial charge is 0.201 e. The van der Waals surface area contributed by atoms with E-state index in [1.54, 1.807) is 0 Å². The summed E-state index contributed by atoms with van der Waals surface area (Å²) in [5.41, 5.74) is 9.72. The molecule has 1 aromatic carbocycles. The van der Waals surface area contributed by atoms with Gasteiger partial charge in [-0.2, -0.15) is 0 Å². The summed E-state index contributed by atoms with van der Waals surface area (Å²) < 4.78 is 2.83. The fraction of sp³-hybridized carbons (Fsp3) is 0.438. The Kier molecular flexibility index (Phi) is 4.23. The number of benzene rings is 1. The van der Waals surface area contributed by atoms with Crippen LogP contribution in [0.1, 0.15) is 37.6 Å². The predicted octanol–water partition coefficient (Wildman–Crippen LogP) is 3.85. The third-order valence-electron chi connectivity index (χ3n) is 3.60. The topological polar surface area (TPSA) is 43.8 Å². The molecule has 4 heteroatoms. The molecule has 2 rings (SSSR count). The molecule has 108 valence electrons. The molecule has 0 bridgehead atoms. The first-order chi connectivity index (χ1) is 9.29. The van der Waals surface area contributed by atoms with Gasteiger partial charge in [-0.3, -0.25) is 0 Å². The lowest BCUT2D eigenvalue weighted by molar-refractivity contribution is 0.590. The van der Waals surface area contributed by atoms with E-state index in [2.05, 4.69) is 66.0 Å². The minimum absolute atomic E-state index is 0.205. The number of nitrogens with zero attached hydrogens (tertiary/aromatic N) is 2. The summed E-state index contributed by atoms with van der Waals surface area (Å²) in [5, 5.41) is 0. The number of nitrogen functional groups attached to an aromatic ring is 1. The van der Waals surface area contributed by atoms with E-state index in [9.17, 15) is 0 Å². The summed E-state index contributed by atoms with van der Waals surface area (Å²) in [4.78, 5) is 4.38. The van der Waals surface area contributed by atoms with Crippen LogP contribution in [-0.2, 0) is 25.3 Å². The Morgan fingerprint density at radius 1 is 1.15 bits per heavy atom. The Balaban J connectivity index is 2.06. The molecule has 0 saturated heterocycles. The highest BCUT2D eigenvalue weighted by Gasteiger charge is 2.13. The second-order valence-electron chi connectivity index (χ2n) is 6.21. The average molecular weight is 336 g/mol. The van der Waals surface area contributed by atoms with Crippen LogP contribution in [0, 0.1) is 0 Å². The number of imidazole rings is 1. The van der Waals surface area contributed by atoms with Crippen LogP contribution in [0.15, 0.2) is 28.9 Å². The monoisotopic (exact) mass is 335 g/mol. The van der Waals surface area contributed by atoms with Gasteiger partial charge in [-0.05, 0) is 45.3 Å². The Hall–Kier alpha value is -1.29. The van der Waals surface area contributed by atoms with E-state index in [1.165, 1.54) is 11.1 Å². The van der Waals surface area contributed by atoms with Crippen LogP contribution in [0.3, 0.4) is 0 Å². The largest absolute Gasteiger partial charge is 0.369 e. The normalized spacial score (nSPS) is 11.8. The van der Waals surface area contributed by atoms with Crippen molar-refractivity contribution >= 4 is 21.9 Å². The zero-order chi connectivity index (χ0) is 14.9. The van der Waals surface area contributed by atoms with Crippen LogP contribution < -0.4 is 5.73 Å². The molecule has 0 unspecified atom stereocenters. The summed E-state index contributed by atoms with van der Waals surface area (Å²) in [6.45, 7) is 6.70. The Morgan fingerprint density at radius 3 is 2.20 bits per heavy atom. The Labute approximate surface area is 129 Å². The number of aryl methyl sites for hydroxylation is 2. The number of halogens is 1. The lowest BCUT2D eigenvalue weighted by Crippen LogP contribution is -2.10. The van der Waals surface area contributed by atoms with Gasteiger partial charge in [0.1, 0.15) is 4.60 Å². The van der Waals surface area contributed by atoms with E-state index in [0.29, 0.717) is 5.95 Å². The minimum atomic E-state index is 0.205. The number of aromatic nitrogens is 2. The summed E-state index contributed by atoms with van der Waals surface area (Å²) in [7, 11) is 1.91. The Bertz CT molecular complexity index is 591. The zero-order valence-corrected chi connectivity index (χ0v) is 14.2. The standard InChI is InChI=1S/C16H22BrN3/c1-16(2,3)12-8-5-11(6-9-12)7-10-13-14(17)20(4)15(18)19-13/h5-6,8-9H,7,10H2,1-4H3,(H2,18,19). The van der Waals surface area contributed by atoms with Gasteiger partial charge < -0.3 is 10.3 Å². The van der Waals surface area contributed by atoms with Crippen molar-refractivity contribution < 1.29 is 0 Å². The van der Waals surface area contributed by atoms with Gasteiger partial charge in [0.25, 0.3) is 0 Å². The molecule has 0 spiro atoms. The second kappa shape index (κ2) is 5.60.